The van der Waals surface area contributed by atoms with Gasteiger partial charge in [0.25, 0.3) is 0 Å². The first-order valence-electron chi connectivity index (χ1n) is 4.30. The van der Waals surface area contributed by atoms with Crippen LogP contribution in [-0.4, -0.2) is 42.1 Å². The quantitative estimate of drug-likeness (QED) is 0.676. The first-order valence-corrected chi connectivity index (χ1v) is 4.30. The molecule has 13 heavy (non-hydrogen) atoms. The number of hydrogen-bond acceptors (Lipinski definition) is 2. The van der Waals surface area contributed by atoms with Gasteiger partial charge in [0.1, 0.15) is 0 Å². The van der Waals surface area contributed by atoms with Crippen LogP contribution in [0.3, 0.4) is 0 Å². The van der Waals surface area contributed by atoms with E-state index in [0.29, 0.717) is 6.54 Å². The molecule has 0 aromatic carbocycles. The van der Waals surface area contributed by atoms with Gasteiger partial charge in [0.2, 0.25) is 0 Å². The maximum absolute atomic E-state index is 12.0. The Morgan fingerprint density at radius 1 is 1.31 bits per heavy atom. The molecule has 0 aliphatic heterocycles. The Kier molecular flexibility index (Phi) is 4.25. The maximum Gasteiger partial charge on any atom is 0.492 e. The van der Waals surface area contributed by atoms with Crippen LogP contribution >= 0.6 is 0 Å². The highest BCUT2D eigenvalue weighted by Crippen LogP contribution is 2.13. The predicted octanol–water partition coefficient (Wildman–Crippen LogP) is 1.47. The molecule has 0 aromatic rings. The van der Waals surface area contributed by atoms with Crippen LogP contribution in [0.25, 0.3) is 0 Å². The van der Waals surface area contributed by atoms with Gasteiger partial charge in [0.15, 0.2) is 0 Å². The van der Waals surface area contributed by atoms with Crippen molar-refractivity contribution in [2.24, 2.45) is 0 Å². The van der Waals surface area contributed by atoms with Crippen molar-refractivity contribution in [3.8, 4) is 0 Å². The lowest BCUT2D eigenvalue weighted by Gasteiger charge is -2.31. The van der Waals surface area contributed by atoms with Gasteiger partial charge in [-0.1, -0.05) is 6.92 Å². The molecule has 0 amide bonds. The van der Waals surface area contributed by atoms with Gasteiger partial charge in [-0.3, -0.25) is 0 Å². The van der Waals surface area contributed by atoms with E-state index >= 15 is 0 Å². The fourth-order valence-corrected chi connectivity index (χ4v) is 1.15. The van der Waals surface area contributed by atoms with Gasteiger partial charge in [-0.15, -0.1) is 0 Å². The average molecular weight is 198 g/mol. The molecule has 0 saturated heterocycles. The molecular weight excluding hydrogens is 182 g/mol. The fourth-order valence-electron chi connectivity index (χ4n) is 1.15. The van der Waals surface area contributed by atoms with E-state index in [0.717, 1.165) is 0 Å². The van der Waals surface area contributed by atoms with Crippen LogP contribution in [0.5, 0.6) is 0 Å². The van der Waals surface area contributed by atoms with Crippen LogP contribution in [0.1, 0.15) is 20.8 Å². The van der Waals surface area contributed by atoms with E-state index in [1.54, 1.807) is 6.92 Å². The molecule has 0 spiro atoms. The minimum atomic E-state index is -4.79. The third-order valence-electron chi connectivity index (χ3n) is 1.52. The number of likely N-dealkylation sites (N-methyl/N-ethyl adjacent to an activating group) is 1. The molecule has 0 aliphatic carbocycles. The van der Waals surface area contributed by atoms with Crippen molar-refractivity contribution >= 4 is 6.98 Å². The molecule has 0 heterocycles. The summed E-state index contributed by atoms with van der Waals surface area (Å²) < 4.78 is 36.0. The van der Waals surface area contributed by atoms with Crippen LogP contribution in [0.4, 0.5) is 12.9 Å². The van der Waals surface area contributed by atoms with E-state index in [1.807, 2.05) is 0 Å². The van der Waals surface area contributed by atoms with Crippen molar-refractivity contribution in [1.29, 1.82) is 0 Å². The molecule has 0 radical (unpaired) electrons. The van der Waals surface area contributed by atoms with Gasteiger partial charge in [0, 0.05) is 6.54 Å². The van der Waals surface area contributed by atoms with E-state index in [2.05, 4.69) is 0 Å². The molecule has 0 rings (SSSR count). The lowest BCUT2D eigenvalue weighted by Crippen LogP contribution is -2.45. The smallest absolute Gasteiger partial charge is 0.448 e. The summed E-state index contributed by atoms with van der Waals surface area (Å²) in [5, 5.41) is 9.31. The van der Waals surface area contributed by atoms with Crippen molar-refractivity contribution in [3.05, 3.63) is 0 Å². The lowest BCUT2D eigenvalue weighted by molar-refractivity contribution is 0.0410. The topological polar surface area (TPSA) is 23.5 Å². The van der Waals surface area contributed by atoms with Gasteiger partial charge < -0.3 is 23.0 Å². The van der Waals surface area contributed by atoms with Crippen LogP contribution < -0.4 is 0 Å². The van der Waals surface area contributed by atoms with E-state index in [9.17, 15) is 18.1 Å². The summed E-state index contributed by atoms with van der Waals surface area (Å²) in [6.45, 7) is 0.195. The third-order valence-corrected chi connectivity index (χ3v) is 1.52. The minimum Gasteiger partial charge on any atom is -0.448 e. The standard InChI is InChI=1S/C7H16BF3NO/c1-4-12(5-7(2,3)13)6-8(9,10)11/h13H,4-6H2,1-3H3/q-1. The monoisotopic (exact) mass is 198 g/mol. The largest absolute Gasteiger partial charge is 0.492 e. The first kappa shape index (κ1) is 12.8. The van der Waals surface area contributed by atoms with Crippen LogP contribution in [0.2, 0.25) is 0 Å². The van der Waals surface area contributed by atoms with Crippen molar-refractivity contribution < 1.29 is 18.1 Å². The molecule has 0 aromatic heterocycles. The number of hydrogen-bond donors (Lipinski definition) is 1. The van der Waals surface area contributed by atoms with Crippen molar-refractivity contribution in [2.75, 3.05) is 19.5 Å². The molecule has 0 fully saturated rings. The summed E-state index contributed by atoms with van der Waals surface area (Å²) in [5.74, 6) is 0. The molecule has 0 saturated carbocycles. The average Bonchev–Trinajstić information content (AvgIpc) is 1.79. The number of nitrogens with zero attached hydrogens (tertiary/aromatic N) is 1. The number of rotatable bonds is 5. The van der Waals surface area contributed by atoms with Crippen LogP contribution in [0.15, 0.2) is 0 Å². The molecule has 1 N–H and O–H groups in total. The highest BCUT2D eigenvalue weighted by Gasteiger charge is 2.28. The second kappa shape index (κ2) is 4.33. The molecule has 0 bridgehead atoms. The first-order chi connectivity index (χ1) is 5.64. The molecule has 0 unspecified atom stereocenters. The van der Waals surface area contributed by atoms with E-state index in [-0.39, 0.29) is 6.54 Å². The molecule has 0 atom stereocenters. The Morgan fingerprint density at radius 3 is 2.00 bits per heavy atom. The van der Waals surface area contributed by atoms with Crippen molar-refractivity contribution in [2.45, 2.75) is 26.4 Å². The summed E-state index contributed by atoms with van der Waals surface area (Å²) in [6.07, 6.45) is -0.902. The SMILES string of the molecule is CCN(C[B-](F)(F)F)CC(C)(C)O. The molecule has 80 valence electrons. The Labute approximate surface area is 76.8 Å². The van der Waals surface area contributed by atoms with E-state index in [4.69, 9.17) is 0 Å². The van der Waals surface area contributed by atoms with Gasteiger partial charge in [-0.2, -0.15) is 0 Å². The molecule has 6 heteroatoms. The van der Waals surface area contributed by atoms with Crippen LogP contribution in [0, 0.1) is 0 Å². The third kappa shape index (κ3) is 8.11. The Morgan fingerprint density at radius 2 is 1.77 bits per heavy atom. The lowest BCUT2D eigenvalue weighted by atomic mass is 9.90. The number of halogens is 3. The Hall–Kier alpha value is -0.225. The maximum atomic E-state index is 12.0. The molecule has 0 aliphatic rings. The molecular formula is C7H16BF3NO-. The predicted molar refractivity (Wildman–Crippen MR) is 47.5 cm³/mol. The summed E-state index contributed by atoms with van der Waals surface area (Å²) in [5.41, 5.74) is -1.07. The Balaban J connectivity index is 4.05. The van der Waals surface area contributed by atoms with E-state index < -0.39 is 19.0 Å². The van der Waals surface area contributed by atoms with Crippen LogP contribution in [-0.2, 0) is 0 Å². The molecule has 2 nitrogen and oxygen atoms in total. The number of aliphatic hydroxyl groups is 1. The second-order valence-corrected chi connectivity index (χ2v) is 3.85. The van der Waals surface area contributed by atoms with Gasteiger partial charge in [0.05, 0.1) is 5.60 Å². The zero-order valence-corrected chi connectivity index (χ0v) is 8.23. The normalized spacial score (nSPS) is 13.8. The van der Waals surface area contributed by atoms with E-state index in [1.165, 1.54) is 18.7 Å². The summed E-state index contributed by atoms with van der Waals surface area (Å²) >= 11 is 0. The van der Waals surface area contributed by atoms with Gasteiger partial charge in [-0.05, 0) is 26.8 Å². The zero-order valence-electron chi connectivity index (χ0n) is 8.23. The zero-order chi connectivity index (χ0) is 10.7. The summed E-state index contributed by atoms with van der Waals surface area (Å²) in [6, 6.07) is 0. The summed E-state index contributed by atoms with van der Waals surface area (Å²) in [7, 11) is 0. The minimum absolute atomic E-state index is 0.0464. The fraction of sp³-hybridized carbons (Fsp3) is 1.00. The second-order valence-electron chi connectivity index (χ2n) is 3.85. The highest BCUT2D eigenvalue weighted by molar-refractivity contribution is 6.58. The highest BCUT2D eigenvalue weighted by atomic mass is 19.4. The Bertz CT molecular complexity index is 139. The van der Waals surface area contributed by atoms with Crippen molar-refractivity contribution in [3.63, 3.8) is 0 Å². The van der Waals surface area contributed by atoms with Gasteiger partial charge in [-0.25, -0.2) is 0 Å². The summed E-state index contributed by atoms with van der Waals surface area (Å²) in [4.78, 5) is 1.19. The van der Waals surface area contributed by atoms with Crippen molar-refractivity contribution in [1.82, 2.24) is 4.90 Å². The van der Waals surface area contributed by atoms with Gasteiger partial charge >= 0.3 is 6.98 Å².